The summed E-state index contributed by atoms with van der Waals surface area (Å²) in [5, 5.41) is 18.6. The van der Waals surface area contributed by atoms with E-state index in [1.807, 2.05) is 6.07 Å². The van der Waals surface area contributed by atoms with Crippen molar-refractivity contribution in [3.8, 4) is 5.75 Å². The zero-order valence-corrected chi connectivity index (χ0v) is 26.5. The average Bonchev–Trinajstić information content (AvgIpc) is 2.97. The molecule has 0 spiro atoms. The molecule has 1 aliphatic rings. The van der Waals surface area contributed by atoms with Crippen LogP contribution in [0.25, 0.3) is 21.9 Å². The van der Waals surface area contributed by atoms with Crippen LogP contribution < -0.4 is 16.1 Å². The van der Waals surface area contributed by atoms with Gasteiger partial charge in [-0.25, -0.2) is 0 Å². The van der Waals surface area contributed by atoms with Gasteiger partial charge in [0, 0.05) is 35.3 Å². The number of phenols is 1. The first-order chi connectivity index (χ1) is 20.4. The van der Waals surface area contributed by atoms with E-state index in [1.165, 1.54) is 74.0 Å². The van der Waals surface area contributed by atoms with Gasteiger partial charge in [0.2, 0.25) is 0 Å². The van der Waals surface area contributed by atoms with E-state index in [0.717, 1.165) is 61.7 Å². The van der Waals surface area contributed by atoms with E-state index in [1.54, 1.807) is 6.07 Å². The topological polar surface area (TPSA) is 104 Å². The summed E-state index contributed by atoms with van der Waals surface area (Å²) in [6.45, 7) is 1.44. The quantitative estimate of drug-likeness (QED) is 0.126. The van der Waals surface area contributed by atoms with Gasteiger partial charge in [0.05, 0.1) is 21.6 Å². The maximum atomic E-state index is 12.4. The van der Waals surface area contributed by atoms with Gasteiger partial charge in [-0.1, -0.05) is 61.7 Å². The van der Waals surface area contributed by atoms with Gasteiger partial charge in [0.15, 0.2) is 11.2 Å². The van der Waals surface area contributed by atoms with Crippen molar-refractivity contribution in [3.05, 3.63) is 73.7 Å². The Hall–Kier alpha value is -3.00. The third kappa shape index (κ3) is 8.34. The number of phenolic OH excluding ortho intramolecular Hbond substituents is 1. The molecule has 1 amide bonds. The van der Waals surface area contributed by atoms with Crippen LogP contribution in [0.4, 0.5) is 5.69 Å². The summed E-state index contributed by atoms with van der Waals surface area (Å²) in [5.74, 6) is -0.437. The first kappa shape index (κ1) is 32.9. The highest BCUT2D eigenvalue weighted by Gasteiger charge is 2.20. The van der Waals surface area contributed by atoms with Gasteiger partial charge >= 0.3 is 0 Å². The molecular weight excluding hydrogens is 609 g/mol. The van der Waals surface area contributed by atoms with Crippen LogP contribution in [0, 0.1) is 0 Å². The molecule has 0 fully saturated rings. The summed E-state index contributed by atoms with van der Waals surface area (Å²) in [6.07, 6.45) is 13.3. The molecule has 2 aromatic heterocycles. The summed E-state index contributed by atoms with van der Waals surface area (Å²) in [5.41, 5.74) is 4.44. The van der Waals surface area contributed by atoms with Crippen molar-refractivity contribution in [2.75, 3.05) is 18.4 Å². The van der Waals surface area contributed by atoms with Crippen LogP contribution in [0.2, 0.25) is 10.0 Å². The normalized spacial score (nSPS) is 12.6. The Bertz CT molecular complexity index is 1640. The highest BCUT2D eigenvalue weighted by atomic mass is 35.5. The fourth-order valence-electron chi connectivity index (χ4n) is 5.74. The van der Waals surface area contributed by atoms with Crippen molar-refractivity contribution in [1.29, 1.82) is 0 Å². The third-order valence-electron chi connectivity index (χ3n) is 7.91. The molecule has 7 nitrogen and oxygen atoms in total. The molecule has 0 atom stereocenters. The minimum absolute atomic E-state index is 0. The van der Waals surface area contributed by atoms with Gasteiger partial charge in [0.25, 0.3) is 5.91 Å². The van der Waals surface area contributed by atoms with Crippen LogP contribution in [-0.4, -0.2) is 29.1 Å². The number of hydrogen-bond acceptors (Lipinski definition) is 6. The summed E-state index contributed by atoms with van der Waals surface area (Å²) in [4.78, 5) is 29.5. The van der Waals surface area contributed by atoms with Gasteiger partial charge < -0.3 is 20.2 Å². The molecule has 2 heterocycles. The summed E-state index contributed by atoms with van der Waals surface area (Å²) in [7, 11) is 0. The molecule has 0 bridgehead atoms. The number of pyridine rings is 1. The molecule has 0 unspecified atom stereocenters. The number of rotatable bonds is 13. The average molecular weight is 647 g/mol. The molecular formula is C33H38Cl3N3O4. The summed E-state index contributed by atoms with van der Waals surface area (Å²) >= 11 is 12.9. The molecule has 3 N–H and O–H groups in total. The van der Waals surface area contributed by atoms with Gasteiger partial charge in [0.1, 0.15) is 11.3 Å². The monoisotopic (exact) mass is 645 g/mol. The van der Waals surface area contributed by atoms with Crippen molar-refractivity contribution in [3.63, 3.8) is 0 Å². The van der Waals surface area contributed by atoms with E-state index in [-0.39, 0.29) is 40.3 Å². The van der Waals surface area contributed by atoms with E-state index < -0.39 is 5.91 Å². The number of fused-ring (bicyclic) bond motifs is 3. The van der Waals surface area contributed by atoms with E-state index >= 15 is 0 Å². The van der Waals surface area contributed by atoms with Gasteiger partial charge in [-0.05, 0) is 74.4 Å². The lowest BCUT2D eigenvalue weighted by Crippen LogP contribution is -2.25. The maximum Gasteiger partial charge on any atom is 0.287 e. The lowest BCUT2D eigenvalue weighted by Gasteiger charge is -2.22. The maximum absolute atomic E-state index is 12.4. The van der Waals surface area contributed by atoms with Crippen molar-refractivity contribution in [2.24, 2.45) is 0 Å². The second-order valence-electron chi connectivity index (χ2n) is 11.1. The Balaban J connectivity index is 0.00000423. The lowest BCUT2D eigenvalue weighted by molar-refractivity contribution is 0.0925. The zero-order valence-electron chi connectivity index (χ0n) is 24.1. The number of aromatic nitrogens is 1. The molecule has 5 rings (SSSR count). The first-order valence-electron chi connectivity index (χ1n) is 15.0. The third-order valence-corrected chi connectivity index (χ3v) is 8.42. The van der Waals surface area contributed by atoms with Crippen LogP contribution in [0.15, 0.2) is 45.6 Å². The molecule has 0 saturated heterocycles. The van der Waals surface area contributed by atoms with Crippen molar-refractivity contribution in [2.45, 2.75) is 77.0 Å². The smallest absolute Gasteiger partial charge is 0.287 e. The second-order valence-corrected chi connectivity index (χ2v) is 11.9. The Labute approximate surface area is 267 Å². The minimum Gasteiger partial charge on any atom is -0.508 e. The number of unbranched alkanes of at least 4 members (excludes halogenated alkanes) is 7. The van der Waals surface area contributed by atoms with E-state index in [9.17, 15) is 14.7 Å². The summed E-state index contributed by atoms with van der Waals surface area (Å²) in [6, 6.07) is 9.13. The largest absolute Gasteiger partial charge is 0.508 e. The predicted octanol–water partition coefficient (Wildman–Crippen LogP) is 8.62. The number of nitrogens with zero attached hydrogens (tertiary/aromatic N) is 1. The number of anilines is 1. The van der Waals surface area contributed by atoms with Gasteiger partial charge in [-0.3, -0.25) is 14.6 Å². The van der Waals surface area contributed by atoms with E-state index in [4.69, 9.17) is 32.6 Å². The highest BCUT2D eigenvalue weighted by Crippen LogP contribution is 2.38. The Morgan fingerprint density at radius 2 is 1.60 bits per heavy atom. The highest BCUT2D eigenvalue weighted by molar-refractivity contribution is 6.39. The number of halogens is 3. The van der Waals surface area contributed by atoms with Crippen LogP contribution in [0.5, 0.6) is 5.75 Å². The van der Waals surface area contributed by atoms with Crippen molar-refractivity contribution < 1.29 is 14.3 Å². The molecule has 0 saturated carbocycles. The molecule has 2 aromatic carbocycles. The predicted molar refractivity (Wildman–Crippen MR) is 178 cm³/mol. The van der Waals surface area contributed by atoms with Gasteiger partial charge in [-0.15, -0.1) is 12.4 Å². The van der Waals surface area contributed by atoms with Crippen LogP contribution in [-0.2, 0) is 12.8 Å². The molecule has 0 radical (unpaired) electrons. The number of amides is 1. The van der Waals surface area contributed by atoms with Crippen molar-refractivity contribution >= 4 is 69.1 Å². The molecule has 43 heavy (non-hydrogen) atoms. The fraction of sp³-hybridized carbons (Fsp3) is 0.424. The minimum atomic E-state index is -0.401. The molecule has 4 aromatic rings. The Morgan fingerprint density at radius 3 is 2.37 bits per heavy atom. The van der Waals surface area contributed by atoms with Crippen LogP contribution >= 0.6 is 35.6 Å². The SMILES string of the molecule is Cl.O=C(NCCCCCCCCCCNc1c2c(nc3cc(Cl)cc(Cl)c13)CCCC2)c1cc(=O)c2cc(O)ccc2o1. The molecule has 0 aliphatic heterocycles. The molecule has 230 valence electrons. The Kier molecular flexibility index (Phi) is 12.0. The summed E-state index contributed by atoms with van der Waals surface area (Å²) < 4.78 is 5.55. The standard InChI is InChI=1S/C33H37Cl2N3O4.ClH/c34-21-17-25(35)31-27(18-21)38-26-12-8-7-11-23(26)32(31)36-15-9-5-3-1-2-4-6-10-16-37-33(41)30-20-28(40)24-19-22(39)13-14-29(24)42-30;/h13-14,17-20,39H,1-12,15-16H2,(H,36,38)(H,37,41);1H. The van der Waals surface area contributed by atoms with Gasteiger partial charge in [-0.2, -0.15) is 0 Å². The number of aryl methyl sites for hydroxylation is 1. The number of carbonyl (C=O) groups is 1. The molecule has 10 heteroatoms. The second kappa shape index (κ2) is 15.6. The molecule has 1 aliphatic carbocycles. The van der Waals surface area contributed by atoms with Crippen LogP contribution in [0.3, 0.4) is 0 Å². The number of aromatic hydroxyl groups is 1. The lowest BCUT2D eigenvalue weighted by atomic mass is 9.92. The number of benzene rings is 2. The number of nitrogens with one attached hydrogen (secondary N) is 2. The van der Waals surface area contributed by atoms with E-state index in [0.29, 0.717) is 16.6 Å². The first-order valence-corrected chi connectivity index (χ1v) is 15.8. The van der Waals surface area contributed by atoms with Crippen LogP contribution in [0.1, 0.15) is 86.0 Å². The zero-order chi connectivity index (χ0) is 29.5. The van der Waals surface area contributed by atoms with Crippen molar-refractivity contribution in [1.82, 2.24) is 10.3 Å². The number of hydrogen-bond donors (Lipinski definition) is 3. The Morgan fingerprint density at radius 1 is 0.907 bits per heavy atom. The van der Waals surface area contributed by atoms with E-state index in [2.05, 4.69) is 10.6 Å². The number of carbonyl (C=O) groups excluding carboxylic acids is 1. The fourth-order valence-corrected chi connectivity index (χ4v) is 6.32.